The molecule has 0 bridgehead atoms. The van der Waals surface area contributed by atoms with Crippen LogP contribution in [0.5, 0.6) is 0 Å². The van der Waals surface area contributed by atoms with E-state index in [1.807, 2.05) is 11.3 Å². The second kappa shape index (κ2) is 8.36. The minimum atomic E-state index is 0.596. The van der Waals surface area contributed by atoms with Gasteiger partial charge in [-0.15, -0.1) is 11.3 Å². The van der Waals surface area contributed by atoms with Crippen molar-refractivity contribution in [3.8, 4) is 0 Å². The Hall–Kier alpha value is -1.98. The molecule has 4 nitrogen and oxygen atoms in total. The number of fused-ring (bicyclic) bond motifs is 1. The summed E-state index contributed by atoms with van der Waals surface area (Å²) >= 11 is 1.85. The second-order valence-electron chi connectivity index (χ2n) is 7.53. The maximum Gasteiger partial charge on any atom is 0.226 e. The van der Waals surface area contributed by atoms with Gasteiger partial charge in [-0.05, 0) is 62.6 Å². The lowest BCUT2D eigenvalue weighted by molar-refractivity contribution is 0.474. The number of nitrogens with one attached hydrogen (secondary N) is 1. The summed E-state index contributed by atoms with van der Waals surface area (Å²) in [5, 5.41) is 7.08. The first-order valence-electron chi connectivity index (χ1n) is 9.95. The zero-order valence-electron chi connectivity index (χ0n) is 16.2. The van der Waals surface area contributed by atoms with Crippen molar-refractivity contribution in [3.63, 3.8) is 0 Å². The molecule has 5 heteroatoms. The fraction of sp³-hybridized carbons (Fsp3) is 0.455. The van der Waals surface area contributed by atoms with Crippen molar-refractivity contribution in [1.82, 2.24) is 15.3 Å². The number of nitrogens with zero attached hydrogens (tertiary/aromatic N) is 3. The molecule has 2 aromatic heterocycles. The van der Waals surface area contributed by atoms with Crippen molar-refractivity contribution < 1.29 is 0 Å². The van der Waals surface area contributed by atoms with Crippen LogP contribution < -0.4 is 10.2 Å². The first kappa shape index (κ1) is 18.4. The summed E-state index contributed by atoms with van der Waals surface area (Å²) in [6, 6.07) is 11.4. The third kappa shape index (κ3) is 4.47. The molecular formula is C22H28N4S. The lowest BCUT2D eigenvalue weighted by atomic mass is 10.1. The number of thiophene rings is 1. The summed E-state index contributed by atoms with van der Waals surface area (Å²) in [6.07, 6.45) is 4.69. The predicted octanol–water partition coefficient (Wildman–Crippen LogP) is 4.50. The van der Waals surface area contributed by atoms with Crippen LogP contribution in [0, 0.1) is 13.8 Å². The molecule has 0 amide bonds. The van der Waals surface area contributed by atoms with E-state index in [9.17, 15) is 0 Å². The third-order valence-electron chi connectivity index (χ3n) is 5.43. The standard InChI is InChI=1S/C22H28N4S/c1-16-7-8-20-17(2)24-22(25-21(20)15-16)26-12-3-5-18(10-13-26)23-11-9-19-6-4-14-27-19/h4,6-8,14-15,18,23H,3,5,9-13H2,1-2H3. The van der Waals surface area contributed by atoms with Gasteiger partial charge in [0.05, 0.1) is 11.2 Å². The van der Waals surface area contributed by atoms with Crippen molar-refractivity contribution in [2.24, 2.45) is 0 Å². The molecule has 0 radical (unpaired) electrons. The molecule has 1 N–H and O–H groups in total. The van der Waals surface area contributed by atoms with E-state index >= 15 is 0 Å². The third-order valence-corrected chi connectivity index (χ3v) is 6.36. The highest BCUT2D eigenvalue weighted by Crippen LogP contribution is 2.22. The van der Waals surface area contributed by atoms with E-state index in [1.54, 1.807) is 0 Å². The molecule has 142 valence electrons. The Kier molecular flexibility index (Phi) is 5.69. The van der Waals surface area contributed by atoms with Crippen molar-refractivity contribution >= 4 is 28.2 Å². The normalized spacial score (nSPS) is 18.0. The lowest BCUT2D eigenvalue weighted by Crippen LogP contribution is -2.32. The SMILES string of the molecule is Cc1ccc2c(C)nc(N3CCCC(NCCc4cccs4)CC3)nc2c1. The second-order valence-corrected chi connectivity index (χ2v) is 8.56. The summed E-state index contributed by atoms with van der Waals surface area (Å²) in [6.45, 7) is 7.34. The molecule has 0 aliphatic carbocycles. The van der Waals surface area contributed by atoms with Gasteiger partial charge < -0.3 is 10.2 Å². The summed E-state index contributed by atoms with van der Waals surface area (Å²) in [5.41, 5.74) is 3.38. The number of hydrogen-bond donors (Lipinski definition) is 1. The Bertz CT molecular complexity index is 891. The maximum atomic E-state index is 4.88. The Morgan fingerprint density at radius 1 is 1.15 bits per heavy atom. The van der Waals surface area contributed by atoms with E-state index < -0.39 is 0 Å². The molecule has 1 unspecified atom stereocenters. The van der Waals surface area contributed by atoms with Crippen molar-refractivity contribution in [2.45, 2.75) is 45.6 Å². The van der Waals surface area contributed by atoms with Crippen LogP contribution in [0.2, 0.25) is 0 Å². The molecule has 0 saturated carbocycles. The monoisotopic (exact) mass is 380 g/mol. The fourth-order valence-electron chi connectivity index (χ4n) is 3.88. The summed E-state index contributed by atoms with van der Waals surface area (Å²) in [5.74, 6) is 0.893. The average molecular weight is 381 g/mol. The van der Waals surface area contributed by atoms with Gasteiger partial charge in [0.2, 0.25) is 5.95 Å². The molecule has 3 heterocycles. The van der Waals surface area contributed by atoms with Gasteiger partial charge in [0.25, 0.3) is 0 Å². The molecule has 1 aliphatic rings. The Balaban J connectivity index is 1.39. The Labute approximate surface area is 165 Å². The molecule has 1 fully saturated rings. The van der Waals surface area contributed by atoms with Crippen LogP contribution in [-0.2, 0) is 6.42 Å². The molecule has 3 aromatic rings. The molecule has 0 spiro atoms. The summed E-state index contributed by atoms with van der Waals surface area (Å²) in [4.78, 5) is 13.5. The van der Waals surface area contributed by atoms with Crippen LogP contribution in [-0.4, -0.2) is 35.6 Å². The van der Waals surface area contributed by atoms with Crippen LogP contribution in [0.25, 0.3) is 10.9 Å². The van der Waals surface area contributed by atoms with Crippen LogP contribution in [0.15, 0.2) is 35.7 Å². The zero-order chi connectivity index (χ0) is 18.6. The minimum Gasteiger partial charge on any atom is -0.341 e. The smallest absolute Gasteiger partial charge is 0.226 e. The largest absolute Gasteiger partial charge is 0.341 e. The zero-order valence-corrected chi connectivity index (χ0v) is 17.1. The van der Waals surface area contributed by atoms with Gasteiger partial charge >= 0.3 is 0 Å². The lowest BCUT2D eigenvalue weighted by Gasteiger charge is -2.21. The first-order valence-corrected chi connectivity index (χ1v) is 10.8. The molecular weight excluding hydrogens is 352 g/mol. The van der Waals surface area contributed by atoms with E-state index in [0.717, 1.165) is 55.0 Å². The van der Waals surface area contributed by atoms with E-state index in [2.05, 4.69) is 59.8 Å². The molecule has 27 heavy (non-hydrogen) atoms. The van der Waals surface area contributed by atoms with E-state index in [0.29, 0.717) is 6.04 Å². The Morgan fingerprint density at radius 2 is 2.07 bits per heavy atom. The fourth-order valence-corrected chi connectivity index (χ4v) is 4.59. The maximum absolute atomic E-state index is 4.88. The number of hydrogen-bond acceptors (Lipinski definition) is 5. The van der Waals surface area contributed by atoms with Gasteiger partial charge in [0.15, 0.2) is 0 Å². The number of aryl methyl sites for hydroxylation is 2. The predicted molar refractivity (Wildman–Crippen MR) is 115 cm³/mol. The first-order chi connectivity index (χ1) is 13.2. The molecule has 1 aromatic carbocycles. The molecule has 1 saturated heterocycles. The molecule has 4 rings (SSSR count). The number of aromatic nitrogens is 2. The van der Waals surface area contributed by atoms with Gasteiger partial charge in [-0.2, -0.15) is 0 Å². The van der Waals surface area contributed by atoms with Crippen LogP contribution >= 0.6 is 11.3 Å². The number of anilines is 1. The highest BCUT2D eigenvalue weighted by Gasteiger charge is 2.19. The number of benzene rings is 1. The van der Waals surface area contributed by atoms with E-state index in [1.165, 1.54) is 23.3 Å². The highest BCUT2D eigenvalue weighted by molar-refractivity contribution is 7.09. The summed E-state index contributed by atoms with van der Waals surface area (Å²) in [7, 11) is 0. The van der Waals surface area contributed by atoms with Gasteiger partial charge in [0, 0.05) is 35.9 Å². The highest BCUT2D eigenvalue weighted by atomic mass is 32.1. The Morgan fingerprint density at radius 3 is 2.93 bits per heavy atom. The van der Waals surface area contributed by atoms with Crippen molar-refractivity contribution in [3.05, 3.63) is 51.8 Å². The van der Waals surface area contributed by atoms with E-state index in [-0.39, 0.29) is 0 Å². The van der Waals surface area contributed by atoms with Crippen molar-refractivity contribution in [1.29, 1.82) is 0 Å². The minimum absolute atomic E-state index is 0.596. The van der Waals surface area contributed by atoms with Crippen LogP contribution in [0.3, 0.4) is 0 Å². The quantitative estimate of drug-likeness (QED) is 0.708. The van der Waals surface area contributed by atoms with Gasteiger partial charge in [0.1, 0.15) is 0 Å². The van der Waals surface area contributed by atoms with Gasteiger partial charge in [-0.1, -0.05) is 18.2 Å². The number of rotatable bonds is 5. The van der Waals surface area contributed by atoms with E-state index in [4.69, 9.17) is 9.97 Å². The average Bonchev–Trinajstić information content (AvgIpc) is 3.05. The molecule has 1 aliphatic heterocycles. The van der Waals surface area contributed by atoms with Crippen LogP contribution in [0.4, 0.5) is 5.95 Å². The van der Waals surface area contributed by atoms with Crippen molar-refractivity contribution in [2.75, 3.05) is 24.5 Å². The van der Waals surface area contributed by atoms with Gasteiger partial charge in [-0.25, -0.2) is 9.97 Å². The molecule has 1 atom stereocenters. The summed E-state index contributed by atoms with van der Waals surface area (Å²) < 4.78 is 0. The van der Waals surface area contributed by atoms with Gasteiger partial charge in [-0.3, -0.25) is 0 Å². The van der Waals surface area contributed by atoms with Crippen LogP contribution in [0.1, 0.15) is 35.4 Å². The topological polar surface area (TPSA) is 41.1 Å².